The molecule has 2 aliphatic rings. The fraction of sp³-hybridized carbons (Fsp3) is 0.611. The third-order valence-corrected chi connectivity index (χ3v) is 5.90. The maximum atomic E-state index is 14.0. The standard InChI is InChI=1S/C18H24ClFN2O/c1-10(16-14(19)6-3-7-15(16)20)22-18(23)13-8-11-4-2-5-12(9-13)17(11)21/h3,6-7,10-13,17H,2,4-5,8-9,21H2,1H3,(H,22,23). The summed E-state index contributed by atoms with van der Waals surface area (Å²) in [5.74, 6) is 0.503. The second kappa shape index (κ2) is 6.78. The predicted molar refractivity (Wildman–Crippen MR) is 89.5 cm³/mol. The van der Waals surface area contributed by atoms with Gasteiger partial charge in [0, 0.05) is 22.5 Å². The van der Waals surface area contributed by atoms with Gasteiger partial charge >= 0.3 is 0 Å². The van der Waals surface area contributed by atoms with E-state index in [1.165, 1.54) is 12.5 Å². The summed E-state index contributed by atoms with van der Waals surface area (Å²) in [6, 6.07) is 4.39. The molecule has 126 valence electrons. The van der Waals surface area contributed by atoms with Crippen molar-refractivity contribution in [3.05, 3.63) is 34.6 Å². The van der Waals surface area contributed by atoms with Crippen molar-refractivity contribution in [3.8, 4) is 0 Å². The predicted octanol–water partition coefficient (Wildman–Crippen LogP) is 3.81. The second-order valence-electron chi connectivity index (χ2n) is 7.06. The number of carbonyl (C=O) groups is 1. The van der Waals surface area contributed by atoms with Crippen LogP contribution in [0.15, 0.2) is 18.2 Å². The van der Waals surface area contributed by atoms with Crippen LogP contribution in [0.25, 0.3) is 0 Å². The van der Waals surface area contributed by atoms with Crippen molar-refractivity contribution in [2.75, 3.05) is 0 Å². The van der Waals surface area contributed by atoms with E-state index in [1.54, 1.807) is 19.1 Å². The first-order chi connectivity index (χ1) is 11.0. The molecule has 23 heavy (non-hydrogen) atoms. The Balaban J connectivity index is 1.67. The van der Waals surface area contributed by atoms with Crippen molar-refractivity contribution in [3.63, 3.8) is 0 Å². The van der Waals surface area contributed by atoms with Gasteiger partial charge in [0.2, 0.25) is 5.91 Å². The lowest BCUT2D eigenvalue weighted by Gasteiger charge is -2.43. The number of halogens is 2. The van der Waals surface area contributed by atoms with Crippen LogP contribution in [0, 0.1) is 23.6 Å². The molecule has 2 bridgehead atoms. The average Bonchev–Trinajstić information content (AvgIpc) is 2.46. The highest BCUT2D eigenvalue weighted by Gasteiger charge is 2.40. The minimum Gasteiger partial charge on any atom is -0.349 e. The molecule has 0 saturated heterocycles. The van der Waals surface area contributed by atoms with Gasteiger partial charge in [0.05, 0.1) is 6.04 Å². The summed E-state index contributed by atoms with van der Waals surface area (Å²) in [6.45, 7) is 1.78. The first-order valence-electron chi connectivity index (χ1n) is 8.47. The molecule has 3 atom stereocenters. The molecule has 0 heterocycles. The zero-order valence-corrected chi connectivity index (χ0v) is 14.2. The highest BCUT2D eigenvalue weighted by Crippen LogP contribution is 2.42. The lowest BCUT2D eigenvalue weighted by atomic mass is 9.65. The summed E-state index contributed by atoms with van der Waals surface area (Å²) in [5, 5.41) is 3.30. The van der Waals surface area contributed by atoms with E-state index in [4.69, 9.17) is 17.3 Å². The van der Waals surface area contributed by atoms with Crippen molar-refractivity contribution in [2.45, 2.75) is 51.1 Å². The molecule has 1 aromatic carbocycles. The molecule has 0 spiro atoms. The van der Waals surface area contributed by atoms with Crippen molar-refractivity contribution in [1.82, 2.24) is 5.32 Å². The van der Waals surface area contributed by atoms with Gasteiger partial charge in [-0.05, 0) is 56.6 Å². The number of carbonyl (C=O) groups excluding carboxylic acids is 1. The lowest BCUT2D eigenvalue weighted by Crippen LogP contribution is -2.49. The zero-order chi connectivity index (χ0) is 16.6. The molecule has 0 aliphatic heterocycles. The number of amides is 1. The molecule has 3 N–H and O–H groups in total. The second-order valence-corrected chi connectivity index (χ2v) is 7.47. The average molecular weight is 339 g/mol. The summed E-state index contributed by atoms with van der Waals surface area (Å²) in [6.07, 6.45) is 5.16. The van der Waals surface area contributed by atoms with Gasteiger partial charge in [0.15, 0.2) is 0 Å². The molecule has 1 amide bonds. The third-order valence-electron chi connectivity index (χ3n) is 5.58. The Bertz CT molecular complexity index is 560. The van der Waals surface area contributed by atoms with Gasteiger partial charge in [-0.25, -0.2) is 4.39 Å². The number of hydrogen-bond donors (Lipinski definition) is 2. The molecule has 0 radical (unpaired) electrons. The van der Waals surface area contributed by atoms with E-state index in [1.807, 2.05) is 0 Å². The summed E-state index contributed by atoms with van der Waals surface area (Å²) in [7, 11) is 0. The number of hydrogen-bond acceptors (Lipinski definition) is 2. The summed E-state index contributed by atoms with van der Waals surface area (Å²) >= 11 is 6.08. The van der Waals surface area contributed by atoms with Crippen LogP contribution in [0.5, 0.6) is 0 Å². The van der Waals surface area contributed by atoms with E-state index >= 15 is 0 Å². The Labute approximate surface area is 141 Å². The van der Waals surface area contributed by atoms with E-state index in [0.717, 1.165) is 25.7 Å². The molecule has 3 nitrogen and oxygen atoms in total. The van der Waals surface area contributed by atoms with Crippen LogP contribution in [-0.4, -0.2) is 11.9 Å². The number of nitrogens with one attached hydrogen (secondary N) is 1. The Morgan fingerprint density at radius 1 is 1.35 bits per heavy atom. The Kier molecular flexibility index (Phi) is 4.93. The largest absolute Gasteiger partial charge is 0.349 e. The van der Waals surface area contributed by atoms with E-state index < -0.39 is 6.04 Å². The Morgan fingerprint density at radius 3 is 2.61 bits per heavy atom. The van der Waals surface area contributed by atoms with Gasteiger partial charge < -0.3 is 11.1 Å². The normalized spacial score (nSPS) is 31.5. The van der Waals surface area contributed by atoms with Crippen LogP contribution in [0.1, 0.15) is 50.6 Å². The smallest absolute Gasteiger partial charge is 0.223 e. The summed E-state index contributed by atoms with van der Waals surface area (Å²) in [4.78, 5) is 12.6. The number of nitrogens with two attached hydrogens (primary N) is 1. The molecule has 1 aromatic rings. The van der Waals surface area contributed by atoms with Gasteiger partial charge in [-0.3, -0.25) is 4.79 Å². The van der Waals surface area contributed by atoms with Crippen LogP contribution in [0.2, 0.25) is 5.02 Å². The first-order valence-corrected chi connectivity index (χ1v) is 8.85. The molecule has 2 saturated carbocycles. The molecule has 0 aromatic heterocycles. The molecule has 3 unspecified atom stereocenters. The van der Waals surface area contributed by atoms with Gasteiger partial charge in [-0.15, -0.1) is 0 Å². The maximum Gasteiger partial charge on any atom is 0.223 e. The third kappa shape index (κ3) is 3.38. The summed E-state index contributed by atoms with van der Waals surface area (Å²) < 4.78 is 14.0. The van der Waals surface area contributed by atoms with Gasteiger partial charge in [0.25, 0.3) is 0 Å². The van der Waals surface area contributed by atoms with Gasteiger partial charge in [-0.1, -0.05) is 24.1 Å². The molecule has 2 aliphatic carbocycles. The van der Waals surface area contributed by atoms with Crippen molar-refractivity contribution in [2.24, 2.45) is 23.5 Å². The van der Waals surface area contributed by atoms with Crippen LogP contribution >= 0.6 is 11.6 Å². The fourth-order valence-corrected chi connectivity index (χ4v) is 4.66. The highest BCUT2D eigenvalue weighted by molar-refractivity contribution is 6.31. The van der Waals surface area contributed by atoms with E-state index in [0.29, 0.717) is 22.4 Å². The quantitative estimate of drug-likeness (QED) is 0.880. The van der Waals surface area contributed by atoms with Gasteiger partial charge in [0.1, 0.15) is 5.82 Å². The molecular weight excluding hydrogens is 315 g/mol. The molecule has 5 heteroatoms. The topological polar surface area (TPSA) is 55.1 Å². The maximum absolute atomic E-state index is 14.0. The van der Waals surface area contributed by atoms with Crippen molar-refractivity contribution in [1.29, 1.82) is 0 Å². The highest BCUT2D eigenvalue weighted by atomic mass is 35.5. The monoisotopic (exact) mass is 338 g/mol. The lowest BCUT2D eigenvalue weighted by molar-refractivity contribution is -0.128. The molecule has 2 fully saturated rings. The van der Waals surface area contributed by atoms with Crippen LogP contribution in [-0.2, 0) is 4.79 Å². The fourth-order valence-electron chi connectivity index (χ4n) is 4.33. The van der Waals surface area contributed by atoms with Gasteiger partial charge in [-0.2, -0.15) is 0 Å². The molecular formula is C18H24ClFN2O. The van der Waals surface area contributed by atoms with Crippen LogP contribution < -0.4 is 11.1 Å². The van der Waals surface area contributed by atoms with Crippen molar-refractivity contribution >= 4 is 17.5 Å². The minimum absolute atomic E-state index is 0.000574. The van der Waals surface area contributed by atoms with E-state index in [-0.39, 0.29) is 23.7 Å². The van der Waals surface area contributed by atoms with Crippen LogP contribution in [0.3, 0.4) is 0 Å². The van der Waals surface area contributed by atoms with Crippen molar-refractivity contribution < 1.29 is 9.18 Å². The zero-order valence-electron chi connectivity index (χ0n) is 13.4. The Hall–Kier alpha value is -1.13. The first kappa shape index (κ1) is 16.7. The SMILES string of the molecule is CC(NC(=O)C1CC2CCCC(C1)C2N)c1c(F)cccc1Cl. The van der Waals surface area contributed by atoms with E-state index in [9.17, 15) is 9.18 Å². The summed E-state index contributed by atoms with van der Waals surface area (Å²) in [5.41, 5.74) is 6.64. The van der Waals surface area contributed by atoms with Crippen LogP contribution in [0.4, 0.5) is 4.39 Å². The minimum atomic E-state index is -0.438. The number of rotatable bonds is 3. The Morgan fingerprint density at radius 2 is 2.00 bits per heavy atom. The number of benzene rings is 1. The molecule has 3 rings (SSSR count). The number of fused-ring (bicyclic) bond motifs is 2. The van der Waals surface area contributed by atoms with E-state index in [2.05, 4.69) is 5.32 Å².